The first-order valence-electron chi connectivity index (χ1n) is 11.8. The summed E-state index contributed by atoms with van der Waals surface area (Å²) in [6, 6.07) is 8.00. The zero-order valence-corrected chi connectivity index (χ0v) is 20.6. The van der Waals surface area contributed by atoms with E-state index in [9.17, 15) is 9.18 Å². The molecule has 1 aliphatic heterocycles. The van der Waals surface area contributed by atoms with Gasteiger partial charge in [0.1, 0.15) is 17.6 Å². The maximum absolute atomic E-state index is 15.0. The Hall–Kier alpha value is -3.28. The number of cyclic esters (lactones) is 1. The van der Waals surface area contributed by atoms with Gasteiger partial charge in [0.25, 0.3) is 0 Å². The summed E-state index contributed by atoms with van der Waals surface area (Å²) < 4.78 is 20.4. The zero-order valence-electron chi connectivity index (χ0n) is 20.6. The molecule has 0 bridgehead atoms. The maximum atomic E-state index is 15.0. The van der Waals surface area contributed by atoms with E-state index < -0.39 is 11.9 Å². The van der Waals surface area contributed by atoms with Gasteiger partial charge >= 0.3 is 6.09 Å². The molecule has 2 aromatic rings. The lowest BCUT2D eigenvalue weighted by molar-refractivity contribution is 0.140. The van der Waals surface area contributed by atoms with Crippen molar-refractivity contribution in [3.05, 3.63) is 48.0 Å². The average Bonchev–Trinajstić information content (AvgIpc) is 3.21. The van der Waals surface area contributed by atoms with E-state index in [2.05, 4.69) is 34.1 Å². The number of pyridine rings is 1. The van der Waals surface area contributed by atoms with Gasteiger partial charge in [-0.3, -0.25) is 9.88 Å². The summed E-state index contributed by atoms with van der Waals surface area (Å²) in [5.74, 6) is 5.14. The molecule has 2 heterocycles. The van der Waals surface area contributed by atoms with Gasteiger partial charge in [-0.25, -0.2) is 20.1 Å². The molecule has 0 aliphatic carbocycles. The monoisotopic (exact) mass is 486 g/mol. The highest BCUT2D eigenvalue weighted by atomic mass is 19.1. The van der Waals surface area contributed by atoms with Gasteiger partial charge in [-0.15, -0.1) is 5.10 Å². The third-order valence-electron chi connectivity index (χ3n) is 5.84. The van der Waals surface area contributed by atoms with Gasteiger partial charge < -0.3 is 20.7 Å². The minimum absolute atomic E-state index is 0.151. The highest BCUT2D eigenvalue weighted by molar-refractivity contribution is 5.95. The minimum atomic E-state index is -0.474. The van der Waals surface area contributed by atoms with E-state index in [4.69, 9.17) is 16.3 Å². The number of rotatable bonds is 12. The second-order valence-electron chi connectivity index (χ2n) is 8.36. The van der Waals surface area contributed by atoms with Gasteiger partial charge in [-0.05, 0) is 56.9 Å². The van der Waals surface area contributed by atoms with Crippen molar-refractivity contribution >= 4 is 17.6 Å². The second kappa shape index (κ2) is 12.4. The number of nitrogens with zero attached hydrogens (tertiary/aromatic N) is 5. The van der Waals surface area contributed by atoms with Crippen LogP contribution in [0.1, 0.15) is 26.0 Å². The van der Waals surface area contributed by atoms with Crippen LogP contribution in [-0.4, -0.2) is 79.4 Å². The van der Waals surface area contributed by atoms with Crippen molar-refractivity contribution in [2.24, 2.45) is 16.7 Å². The van der Waals surface area contributed by atoms with Gasteiger partial charge in [0, 0.05) is 30.9 Å². The van der Waals surface area contributed by atoms with Crippen molar-refractivity contribution in [2.75, 3.05) is 51.2 Å². The number of carbonyl (C=O) groups is 1. The Balaban J connectivity index is 1.58. The number of hydrazine groups is 1. The van der Waals surface area contributed by atoms with Crippen LogP contribution in [-0.2, 0) is 4.74 Å². The molecule has 1 aromatic heterocycles. The lowest BCUT2D eigenvalue weighted by Crippen LogP contribution is -2.33. The number of hydrazone groups is 1. The van der Waals surface area contributed by atoms with E-state index >= 15 is 0 Å². The summed E-state index contributed by atoms with van der Waals surface area (Å²) in [5, 5.41) is 8.33. The van der Waals surface area contributed by atoms with Crippen molar-refractivity contribution in [1.82, 2.24) is 20.3 Å². The molecule has 1 atom stereocenters. The van der Waals surface area contributed by atoms with Crippen molar-refractivity contribution in [1.29, 1.82) is 0 Å². The average molecular weight is 487 g/mol. The number of halogens is 1. The molecule has 190 valence electrons. The van der Waals surface area contributed by atoms with Crippen LogP contribution in [0.2, 0.25) is 0 Å². The summed E-state index contributed by atoms with van der Waals surface area (Å²) in [4.78, 5) is 20.4. The van der Waals surface area contributed by atoms with Gasteiger partial charge in [0.15, 0.2) is 5.84 Å². The fraction of sp³-hybridized carbons (Fsp3) is 0.458. The van der Waals surface area contributed by atoms with Gasteiger partial charge in [0.2, 0.25) is 0 Å². The van der Waals surface area contributed by atoms with Crippen molar-refractivity contribution in [3.63, 3.8) is 0 Å². The Morgan fingerprint density at radius 3 is 2.71 bits per heavy atom. The molecule has 0 spiro atoms. The molecule has 1 aromatic carbocycles. The number of aromatic nitrogens is 1. The molecule has 5 N–H and O–H groups in total. The minimum Gasteiger partial charge on any atom is -0.443 e. The number of nitrogens with one attached hydrogen (secondary N) is 1. The Labute approximate surface area is 205 Å². The predicted octanol–water partition coefficient (Wildman–Crippen LogP) is 1.96. The van der Waals surface area contributed by atoms with E-state index in [1.54, 1.807) is 31.3 Å². The van der Waals surface area contributed by atoms with E-state index in [1.165, 1.54) is 17.2 Å². The highest BCUT2D eigenvalue weighted by Crippen LogP contribution is 2.28. The number of amidine groups is 1. The highest BCUT2D eigenvalue weighted by Gasteiger charge is 2.32. The summed E-state index contributed by atoms with van der Waals surface area (Å²) in [7, 11) is 1.54. The van der Waals surface area contributed by atoms with Crippen LogP contribution in [0.15, 0.2) is 41.6 Å². The van der Waals surface area contributed by atoms with Crippen molar-refractivity contribution in [3.8, 4) is 11.1 Å². The molecule has 1 unspecified atom stereocenters. The van der Waals surface area contributed by atoms with Crippen LogP contribution in [0.25, 0.3) is 11.1 Å². The van der Waals surface area contributed by atoms with Crippen molar-refractivity contribution in [2.45, 2.75) is 26.4 Å². The third kappa shape index (κ3) is 7.10. The Kier molecular flexibility index (Phi) is 9.35. The number of anilines is 1. The first-order valence-corrected chi connectivity index (χ1v) is 11.8. The normalized spacial score (nSPS) is 16.2. The molecular formula is C24H35FN8O2. The standard InChI is InChI=1S/C24H35FN8O2/c1-4-32(5-2)12-6-11-28-15-19-16-33(24(34)35-19)18-8-9-20(21(25)13-18)17-7-10-22(29-14-17)23(26)30-31(3)27/h7-10,13-14,19,28H,4-6,11-12,15-16,27H2,1-3H3,(H2,26,30). The first kappa shape index (κ1) is 26.3. The van der Waals surface area contributed by atoms with Crippen LogP contribution < -0.4 is 21.8 Å². The second-order valence-corrected chi connectivity index (χ2v) is 8.36. The zero-order chi connectivity index (χ0) is 25.4. The molecule has 1 aliphatic rings. The molecular weight excluding hydrogens is 451 g/mol. The fourth-order valence-corrected chi connectivity index (χ4v) is 3.90. The van der Waals surface area contributed by atoms with E-state index in [-0.39, 0.29) is 11.9 Å². The molecule has 0 radical (unpaired) electrons. The number of benzene rings is 1. The van der Waals surface area contributed by atoms with E-state index in [0.717, 1.165) is 37.7 Å². The molecule has 1 amide bonds. The lowest BCUT2D eigenvalue weighted by atomic mass is 10.1. The summed E-state index contributed by atoms with van der Waals surface area (Å²) in [5.41, 5.74) is 7.64. The summed E-state index contributed by atoms with van der Waals surface area (Å²) in [6.45, 7) is 9.20. The number of ether oxygens (including phenoxy) is 1. The number of carbonyl (C=O) groups excluding carboxylic acids is 1. The number of hydrogen-bond donors (Lipinski definition) is 3. The van der Waals surface area contributed by atoms with Crippen LogP contribution >= 0.6 is 0 Å². The fourth-order valence-electron chi connectivity index (χ4n) is 3.90. The molecule has 0 saturated carbocycles. The molecule has 1 saturated heterocycles. The topological polar surface area (TPSA) is 125 Å². The molecule has 3 rings (SSSR count). The number of hydrogen-bond acceptors (Lipinski definition) is 8. The number of nitrogens with two attached hydrogens (primary N) is 2. The van der Waals surface area contributed by atoms with Gasteiger partial charge in [-0.1, -0.05) is 19.9 Å². The Morgan fingerprint density at radius 2 is 2.09 bits per heavy atom. The van der Waals surface area contributed by atoms with Crippen LogP contribution in [0.5, 0.6) is 0 Å². The van der Waals surface area contributed by atoms with Crippen LogP contribution in [0.3, 0.4) is 0 Å². The molecule has 10 nitrogen and oxygen atoms in total. The smallest absolute Gasteiger partial charge is 0.414 e. The third-order valence-corrected chi connectivity index (χ3v) is 5.84. The summed E-state index contributed by atoms with van der Waals surface area (Å²) >= 11 is 0. The van der Waals surface area contributed by atoms with Gasteiger partial charge in [-0.2, -0.15) is 0 Å². The lowest BCUT2D eigenvalue weighted by Gasteiger charge is -2.18. The molecule has 35 heavy (non-hydrogen) atoms. The maximum Gasteiger partial charge on any atom is 0.414 e. The van der Waals surface area contributed by atoms with Crippen molar-refractivity contribution < 1.29 is 13.9 Å². The summed E-state index contributed by atoms with van der Waals surface area (Å²) in [6.07, 6.45) is 1.78. The largest absolute Gasteiger partial charge is 0.443 e. The first-order chi connectivity index (χ1) is 16.8. The predicted molar refractivity (Wildman–Crippen MR) is 135 cm³/mol. The van der Waals surface area contributed by atoms with Crippen LogP contribution in [0.4, 0.5) is 14.9 Å². The van der Waals surface area contributed by atoms with Gasteiger partial charge in [0.05, 0.1) is 12.2 Å². The molecule has 1 fully saturated rings. The van der Waals surface area contributed by atoms with E-state index in [0.29, 0.717) is 35.6 Å². The van der Waals surface area contributed by atoms with E-state index in [1.807, 2.05) is 0 Å². The Bertz CT molecular complexity index is 1010. The van der Waals surface area contributed by atoms with Crippen LogP contribution in [0, 0.1) is 5.82 Å². The quantitative estimate of drug-likeness (QED) is 0.137. The SMILES string of the molecule is CCN(CC)CCCNCC1CN(c2ccc(-c3ccc(/C(N)=N/N(C)N)nc3)c(F)c2)C(=O)O1. The molecule has 11 heteroatoms. The number of amides is 1. The Morgan fingerprint density at radius 1 is 1.31 bits per heavy atom.